The molecule has 2 aromatic carbocycles. The average molecular weight is 475 g/mol. The molecular weight excluding hydrogens is 444 g/mol. The van der Waals surface area contributed by atoms with E-state index in [1.165, 1.54) is 0 Å². The zero-order valence-electron chi connectivity index (χ0n) is 19.4. The van der Waals surface area contributed by atoms with Crippen molar-refractivity contribution in [2.75, 3.05) is 52.9 Å². The van der Waals surface area contributed by atoms with Gasteiger partial charge < -0.3 is 38.8 Å². The van der Waals surface area contributed by atoms with Crippen LogP contribution in [0.5, 0.6) is 23.0 Å². The maximum Gasteiger partial charge on any atom is 0.161 e. The molecule has 184 valence electrons. The second kappa shape index (κ2) is 13.3. The van der Waals surface area contributed by atoms with Crippen molar-refractivity contribution < 1.29 is 38.8 Å². The Kier molecular flexibility index (Phi) is 9.80. The molecule has 0 atom stereocenters. The molecule has 0 fully saturated rings. The van der Waals surface area contributed by atoms with Crippen LogP contribution in [0.1, 0.15) is 25.0 Å². The zero-order chi connectivity index (χ0) is 24.2. The molecule has 0 spiro atoms. The van der Waals surface area contributed by atoms with Gasteiger partial charge in [-0.05, 0) is 50.2 Å². The molecule has 0 aromatic heterocycles. The topological polar surface area (TPSA) is 121 Å². The molecule has 1 aliphatic heterocycles. The van der Waals surface area contributed by atoms with Gasteiger partial charge in [-0.15, -0.1) is 0 Å². The van der Waals surface area contributed by atoms with Crippen LogP contribution in [0.2, 0.25) is 0 Å². The number of benzene rings is 2. The van der Waals surface area contributed by atoms with Crippen molar-refractivity contribution in [1.82, 2.24) is 0 Å². The Labute approximate surface area is 198 Å². The van der Waals surface area contributed by atoms with Crippen LogP contribution in [0, 0.1) is 0 Å². The van der Waals surface area contributed by atoms with E-state index >= 15 is 0 Å². The van der Waals surface area contributed by atoms with Crippen LogP contribution in [0.15, 0.2) is 46.7 Å². The molecule has 0 aliphatic carbocycles. The number of oxime groups is 2. The van der Waals surface area contributed by atoms with Crippen molar-refractivity contribution in [1.29, 1.82) is 0 Å². The van der Waals surface area contributed by atoms with Crippen LogP contribution in [0.25, 0.3) is 0 Å². The highest BCUT2D eigenvalue weighted by molar-refractivity contribution is 5.99. The predicted molar refractivity (Wildman–Crippen MR) is 124 cm³/mol. The second-order valence-corrected chi connectivity index (χ2v) is 7.31. The summed E-state index contributed by atoms with van der Waals surface area (Å²) in [5.41, 5.74) is 2.36. The molecule has 0 radical (unpaired) electrons. The molecular formula is C24H30N2O8. The van der Waals surface area contributed by atoms with Gasteiger partial charge in [0.15, 0.2) is 23.0 Å². The molecule has 2 N–H and O–H groups in total. The van der Waals surface area contributed by atoms with E-state index in [0.717, 1.165) is 0 Å². The zero-order valence-corrected chi connectivity index (χ0v) is 19.4. The molecule has 0 saturated heterocycles. The van der Waals surface area contributed by atoms with E-state index in [9.17, 15) is 0 Å². The van der Waals surface area contributed by atoms with E-state index in [1.807, 2.05) is 0 Å². The number of hydrogen-bond donors (Lipinski definition) is 2. The number of rotatable bonds is 2. The molecule has 3 rings (SSSR count). The van der Waals surface area contributed by atoms with Crippen molar-refractivity contribution in [3.8, 4) is 23.0 Å². The first-order valence-corrected chi connectivity index (χ1v) is 10.9. The minimum absolute atomic E-state index is 0.293. The molecule has 0 bridgehead atoms. The molecule has 0 saturated carbocycles. The van der Waals surface area contributed by atoms with Gasteiger partial charge in [-0.1, -0.05) is 10.3 Å². The minimum atomic E-state index is 0.293. The van der Waals surface area contributed by atoms with Crippen LogP contribution < -0.4 is 18.9 Å². The number of nitrogens with zero attached hydrogens (tertiary/aromatic N) is 2. The Morgan fingerprint density at radius 2 is 0.912 bits per heavy atom. The van der Waals surface area contributed by atoms with Crippen LogP contribution in [0.3, 0.4) is 0 Å². The Morgan fingerprint density at radius 3 is 1.26 bits per heavy atom. The van der Waals surface area contributed by atoms with E-state index in [0.29, 0.717) is 98.4 Å². The van der Waals surface area contributed by atoms with Crippen LogP contribution >= 0.6 is 0 Å². The highest BCUT2D eigenvalue weighted by Crippen LogP contribution is 2.30. The highest BCUT2D eigenvalue weighted by Gasteiger charge is 2.11. The van der Waals surface area contributed by atoms with Crippen molar-refractivity contribution in [3.05, 3.63) is 47.5 Å². The standard InChI is InChI=1S/C24H30N2O8/c1-17(25-27)19-3-5-21-23(15-19)33-13-9-30-10-14-34-24-16-20(18(2)26-28)4-6-22(24)32-12-8-29-7-11-31-21/h3-6,15-16,27-28H,7-14H2,1-2H3/b25-17+,26-18+. The third-order valence-corrected chi connectivity index (χ3v) is 4.96. The lowest BCUT2D eigenvalue weighted by Gasteiger charge is -2.16. The largest absolute Gasteiger partial charge is 0.487 e. The summed E-state index contributed by atoms with van der Waals surface area (Å²) in [6.45, 7) is 6.02. The molecule has 1 aliphatic rings. The molecule has 10 nitrogen and oxygen atoms in total. The molecule has 34 heavy (non-hydrogen) atoms. The molecule has 0 unspecified atom stereocenters. The first kappa shape index (κ1) is 25.1. The quantitative estimate of drug-likeness (QED) is 0.386. The molecule has 1 heterocycles. The normalized spacial score (nSPS) is 16.9. The predicted octanol–water partition coefficient (Wildman–Crippen LogP) is 3.35. The summed E-state index contributed by atoms with van der Waals surface area (Å²) < 4.78 is 34.6. The first-order valence-electron chi connectivity index (χ1n) is 10.9. The summed E-state index contributed by atoms with van der Waals surface area (Å²) >= 11 is 0. The minimum Gasteiger partial charge on any atom is -0.487 e. The summed E-state index contributed by atoms with van der Waals surface area (Å²) in [5, 5.41) is 24.6. The van der Waals surface area contributed by atoms with Gasteiger partial charge in [-0.3, -0.25) is 0 Å². The first-order chi connectivity index (χ1) is 16.6. The van der Waals surface area contributed by atoms with E-state index in [4.69, 9.17) is 38.8 Å². The smallest absolute Gasteiger partial charge is 0.161 e. The number of fused-ring (bicyclic) bond motifs is 2. The van der Waals surface area contributed by atoms with E-state index in [-0.39, 0.29) is 0 Å². The monoisotopic (exact) mass is 474 g/mol. The van der Waals surface area contributed by atoms with Gasteiger partial charge in [-0.25, -0.2) is 0 Å². The lowest BCUT2D eigenvalue weighted by atomic mass is 10.1. The summed E-state index contributed by atoms with van der Waals surface area (Å²) in [5.74, 6) is 2.16. The van der Waals surface area contributed by atoms with Gasteiger partial charge in [0.25, 0.3) is 0 Å². The fourth-order valence-electron chi connectivity index (χ4n) is 3.09. The summed E-state index contributed by atoms with van der Waals surface area (Å²) in [4.78, 5) is 0. The van der Waals surface area contributed by atoms with Crippen molar-refractivity contribution in [3.63, 3.8) is 0 Å². The van der Waals surface area contributed by atoms with Gasteiger partial charge in [0.1, 0.15) is 26.4 Å². The van der Waals surface area contributed by atoms with Crippen LogP contribution in [0.4, 0.5) is 0 Å². The highest BCUT2D eigenvalue weighted by atomic mass is 16.6. The van der Waals surface area contributed by atoms with Gasteiger partial charge in [0.05, 0.1) is 37.9 Å². The van der Waals surface area contributed by atoms with Gasteiger partial charge in [0, 0.05) is 11.1 Å². The average Bonchev–Trinajstić information content (AvgIpc) is 2.87. The Balaban J connectivity index is 1.66. The van der Waals surface area contributed by atoms with Gasteiger partial charge in [-0.2, -0.15) is 0 Å². The fraction of sp³-hybridized carbons (Fsp3) is 0.417. The third-order valence-electron chi connectivity index (χ3n) is 4.96. The van der Waals surface area contributed by atoms with Crippen molar-refractivity contribution >= 4 is 11.4 Å². The second-order valence-electron chi connectivity index (χ2n) is 7.31. The van der Waals surface area contributed by atoms with E-state index in [2.05, 4.69) is 10.3 Å². The van der Waals surface area contributed by atoms with Crippen molar-refractivity contribution in [2.45, 2.75) is 13.8 Å². The molecule has 10 heteroatoms. The number of ether oxygens (including phenoxy) is 6. The number of hydrogen-bond acceptors (Lipinski definition) is 10. The maximum atomic E-state index is 9.05. The summed E-state index contributed by atoms with van der Waals surface area (Å²) in [6, 6.07) is 10.6. The Hall–Kier alpha value is -3.50. The van der Waals surface area contributed by atoms with Gasteiger partial charge in [0.2, 0.25) is 0 Å². The third kappa shape index (κ3) is 7.26. The fourth-order valence-corrected chi connectivity index (χ4v) is 3.09. The lowest BCUT2D eigenvalue weighted by molar-refractivity contribution is 0.0640. The lowest BCUT2D eigenvalue weighted by Crippen LogP contribution is -2.15. The van der Waals surface area contributed by atoms with Crippen LogP contribution in [-0.4, -0.2) is 74.7 Å². The molecule has 2 aromatic rings. The van der Waals surface area contributed by atoms with E-state index < -0.39 is 0 Å². The van der Waals surface area contributed by atoms with Crippen LogP contribution in [-0.2, 0) is 9.47 Å². The SMILES string of the molecule is C/C(=N\O)c1ccc2c(c1)OCCOCCOc1cc(/C(C)=N/O)ccc1OCCOCCO2. The Morgan fingerprint density at radius 1 is 0.559 bits per heavy atom. The van der Waals surface area contributed by atoms with Crippen molar-refractivity contribution in [2.24, 2.45) is 10.3 Å². The Bertz CT molecular complexity index is 915. The van der Waals surface area contributed by atoms with Gasteiger partial charge >= 0.3 is 0 Å². The molecule has 0 amide bonds. The maximum absolute atomic E-state index is 9.05. The van der Waals surface area contributed by atoms with E-state index in [1.54, 1.807) is 50.2 Å². The summed E-state index contributed by atoms with van der Waals surface area (Å²) in [7, 11) is 0. The summed E-state index contributed by atoms with van der Waals surface area (Å²) in [6.07, 6.45) is 0.